The molecule has 0 spiro atoms. The van der Waals surface area contributed by atoms with Crippen LogP contribution < -0.4 is 5.32 Å². The molecule has 1 unspecified atom stereocenters. The molecule has 0 radical (unpaired) electrons. The summed E-state index contributed by atoms with van der Waals surface area (Å²) in [5, 5.41) is 11.5. The fraction of sp³-hybridized carbons (Fsp3) is 0.417. The SMILES string of the molecule is COCC(C)CC(=O)Nc1ccc(O)cc1F. The Kier molecular flexibility index (Phi) is 4.90. The first-order chi connectivity index (χ1) is 8.02. The van der Waals surface area contributed by atoms with E-state index in [1.165, 1.54) is 12.1 Å². The minimum Gasteiger partial charge on any atom is -0.508 e. The van der Waals surface area contributed by atoms with Gasteiger partial charge in [-0.15, -0.1) is 0 Å². The number of carbonyl (C=O) groups is 1. The number of phenols is 1. The molecule has 4 nitrogen and oxygen atoms in total. The summed E-state index contributed by atoms with van der Waals surface area (Å²) in [6.07, 6.45) is 0.258. The topological polar surface area (TPSA) is 58.6 Å². The van der Waals surface area contributed by atoms with E-state index in [0.717, 1.165) is 6.07 Å². The molecular weight excluding hydrogens is 225 g/mol. The number of benzene rings is 1. The number of hydrogen-bond donors (Lipinski definition) is 2. The quantitative estimate of drug-likeness (QED) is 0.776. The molecule has 5 heteroatoms. The van der Waals surface area contributed by atoms with Crippen molar-refractivity contribution >= 4 is 11.6 Å². The molecule has 17 heavy (non-hydrogen) atoms. The molecule has 0 heterocycles. The average Bonchev–Trinajstić information content (AvgIpc) is 2.22. The molecular formula is C12H16FNO3. The first-order valence-electron chi connectivity index (χ1n) is 5.30. The van der Waals surface area contributed by atoms with E-state index in [0.29, 0.717) is 6.61 Å². The Bertz CT molecular complexity index is 395. The van der Waals surface area contributed by atoms with E-state index in [-0.39, 0.29) is 29.7 Å². The lowest BCUT2D eigenvalue weighted by molar-refractivity contribution is -0.117. The van der Waals surface area contributed by atoms with Crippen LogP contribution in [0.15, 0.2) is 18.2 Å². The van der Waals surface area contributed by atoms with Crippen molar-refractivity contribution in [3.8, 4) is 5.75 Å². The van der Waals surface area contributed by atoms with E-state index in [4.69, 9.17) is 9.84 Å². The highest BCUT2D eigenvalue weighted by atomic mass is 19.1. The fourth-order valence-electron chi connectivity index (χ4n) is 1.47. The Morgan fingerprint density at radius 3 is 2.88 bits per heavy atom. The Morgan fingerprint density at radius 2 is 2.29 bits per heavy atom. The van der Waals surface area contributed by atoms with Crippen LogP contribution >= 0.6 is 0 Å². The van der Waals surface area contributed by atoms with Gasteiger partial charge in [-0.05, 0) is 18.1 Å². The molecule has 1 amide bonds. The minimum absolute atomic E-state index is 0.0671. The standard InChI is InChI=1S/C12H16FNO3/c1-8(7-17-2)5-12(16)14-11-4-3-9(15)6-10(11)13/h3-4,6,8,15H,5,7H2,1-2H3,(H,14,16). The van der Waals surface area contributed by atoms with Gasteiger partial charge in [0.05, 0.1) is 5.69 Å². The normalized spacial score (nSPS) is 12.2. The highest BCUT2D eigenvalue weighted by Crippen LogP contribution is 2.19. The Balaban J connectivity index is 2.56. The van der Waals surface area contributed by atoms with Gasteiger partial charge in [-0.25, -0.2) is 4.39 Å². The summed E-state index contributed by atoms with van der Waals surface area (Å²) in [6, 6.07) is 3.59. The lowest BCUT2D eigenvalue weighted by Gasteiger charge is -2.11. The lowest BCUT2D eigenvalue weighted by Crippen LogP contribution is -2.18. The van der Waals surface area contributed by atoms with Crippen LogP contribution in [0.5, 0.6) is 5.75 Å². The third-order valence-electron chi connectivity index (χ3n) is 2.21. The van der Waals surface area contributed by atoms with Gasteiger partial charge in [0.1, 0.15) is 11.6 Å². The van der Waals surface area contributed by atoms with Crippen LogP contribution in [0, 0.1) is 11.7 Å². The molecule has 0 aliphatic rings. The van der Waals surface area contributed by atoms with Crippen molar-refractivity contribution in [2.75, 3.05) is 19.0 Å². The molecule has 94 valence electrons. The van der Waals surface area contributed by atoms with E-state index in [1.54, 1.807) is 7.11 Å². The molecule has 0 bridgehead atoms. The Hall–Kier alpha value is -1.62. The van der Waals surface area contributed by atoms with Crippen LogP contribution in [0.1, 0.15) is 13.3 Å². The monoisotopic (exact) mass is 241 g/mol. The average molecular weight is 241 g/mol. The summed E-state index contributed by atoms with van der Waals surface area (Å²) in [5.41, 5.74) is 0.0671. The van der Waals surface area contributed by atoms with Crippen molar-refractivity contribution < 1.29 is 19.0 Å². The van der Waals surface area contributed by atoms with Gasteiger partial charge in [-0.3, -0.25) is 4.79 Å². The molecule has 1 aromatic rings. The molecule has 0 aliphatic carbocycles. The van der Waals surface area contributed by atoms with Crippen LogP contribution in [-0.2, 0) is 9.53 Å². The maximum Gasteiger partial charge on any atom is 0.224 e. The van der Waals surface area contributed by atoms with Crippen LogP contribution in [-0.4, -0.2) is 24.7 Å². The smallest absolute Gasteiger partial charge is 0.224 e. The molecule has 1 atom stereocenters. The van der Waals surface area contributed by atoms with Crippen LogP contribution in [0.4, 0.5) is 10.1 Å². The molecule has 0 aliphatic heterocycles. The number of aromatic hydroxyl groups is 1. The van der Waals surface area contributed by atoms with Gasteiger partial charge >= 0.3 is 0 Å². The number of ether oxygens (including phenoxy) is 1. The number of halogens is 1. The maximum atomic E-state index is 13.3. The third-order valence-corrected chi connectivity index (χ3v) is 2.21. The van der Waals surface area contributed by atoms with Gasteiger partial charge in [-0.2, -0.15) is 0 Å². The van der Waals surface area contributed by atoms with Crippen LogP contribution in [0.3, 0.4) is 0 Å². The third kappa shape index (κ3) is 4.40. The van der Waals surface area contributed by atoms with E-state index < -0.39 is 5.82 Å². The summed E-state index contributed by atoms with van der Waals surface area (Å²) < 4.78 is 18.2. The number of rotatable bonds is 5. The van der Waals surface area contributed by atoms with E-state index in [2.05, 4.69) is 5.32 Å². The molecule has 0 saturated heterocycles. The summed E-state index contributed by atoms with van der Waals surface area (Å²) >= 11 is 0. The van der Waals surface area contributed by atoms with Crippen molar-refractivity contribution in [3.05, 3.63) is 24.0 Å². The lowest BCUT2D eigenvalue weighted by atomic mass is 10.1. The van der Waals surface area contributed by atoms with E-state index in [1.807, 2.05) is 6.92 Å². The van der Waals surface area contributed by atoms with Gasteiger partial charge in [0.15, 0.2) is 0 Å². The van der Waals surface area contributed by atoms with Gasteiger partial charge in [0.25, 0.3) is 0 Å². The molecule has 0 saturated carbocycles. The molecule has 1 rings (SSSR count). The number of methoxy groups -OCH3 is 1. The fourth-order valence-corrected chi connectivity index (χ4v) is 1.47. The number of hydrogen-bond acceptors (Lipinski definition) is 3. The first-order valence-corrected chi connectivity index (χ1v) is 5.30. The summed E-state index contributed by atoms with van der Waals surface area (Å²) in [6.45, 7) is 2.35. The van der Waals surface area contributed by atoms with Crippen molar-refractivity contribution in [2.24, 2.45) is 5.92 Å². The minimum atomic E-state index is -0.655. The van der Waals surface area contributed by atoms with Gasteiger partial charge in [-0.1, -0.05) is 6.92 Å². The van der Waals surface area contributed by atoms with Gasteiger partial charge in [0.2, 0.25) is 5.91 Å². The summed E-state index contributed by atoms with van der Waals surface area (Å²) in [4.78, 5) is 11.5. The number of anilines is 1. The second kappa shape index (κ2) is 6.20. The molecule has 0 aromatic heterocycles. The molecule has 2 N–H and O–H groups in total. The van der Waals surface area contributed by atoms with Gasteiger partial charge < -0.3 is 15.2 Å². The Labute approximate surface area is 99.4 Å². The van der Waals surface area contributed by atoms with Gasteiger partial charge in [0, 0.05) is 26.2 Å². The largest absolute Gasteiger partial charge is 0.508 e. The first kappa shape index (κ1) is 13.4. The molecule has 1 aromatic carbocycles. The zero-order valence-corrected chi connectivity index (χ0v) is 9.87. The predicted octanol–water partition coefficient (Wildman–Crippen LogP) is 2.14. The number of amides is 1. The highest BCUT2D eigenvalue weighted by Gasteiger charge is 2.11. The number of carbonyl (C=O) groups excluding carboxylic acids is 1. The van der Waals surface area contributed by atoms with Crippen LogP contribution in [0.25, 0.3) is 0 Å². The number of phenolic OH excluding ortho intramolecular Hbond substituents is 1. The maximum absolute atomic E-state index is 13.3. The summed E-state index contributed by atoms with van der Waals surface area (Å²) in [5.74, 6) is -1.04. The van der Waals surface area contributed by atoms with Crippen molar-refractivity contribution in [2.45, 2.75) is 13.3 Å². The molecule has 0 fully saturated rings. The summed E-state index contributed by atoms with van der Waals surface area (Å²) in [7, 11) is 1.56. The van der Waals surface area contributed by atoms with E-state index in [9.17, 15) is 9.18 Å². The number of nitrogens with one attached hydrogen (secondary N) is 1. The van der Waals surface area contributed by atoms with Crippen molar-refractivity contribution in [3.63, 3.8) is 0 Å². The zero-order chi connectivity index (χ0) is 12.8. The second-order valence-corrected chi connectivity index (χ2v) is 3.98. The predicted molar refractivity (Wildman–Crippen MR) is 62.4 cm³/mol. The van der Waals surface area contributed by atoms with Crippen molar-refractivity contribution in [1.82, 2.24) is 0 Å². The highest BCUT2D eigenvalue weighted by molar-refractivity contribution is 5.91. The van der Waals surface area contributed by atoms with Crippen LogP contribution in [0.2, 0.25) is 0 Å². The Morgan fingerprint density at radius 1 is 1.59 bits per heavy atom. The second-order valence-electron chi connectivity index (χ2n) is 3.98. The zero-order valence-electron chi connectivity index (χ0n) is 9.87. The van der Waals surface area contributed by atoms with Crippen molar-refractivity contribution in [1.29, 1.82) is 0 Å². The van der Waals surface area contributed by atoms with E-state index >= 15 is 0 Å².